The van der Waals surface area contributed by atoms with Gasteiger partial charge in [0.05, 0.1) is 26.2 Å². The van der Waals surface area contributed by atoms with Crippen LogP contribution in [0.25, 0.3) is 0 Å². The molecule has 2 saturated heterocycles. The van der Waals surface area contributed by atoms with Crippen molar-refractivity contribution < 1.29 is 19.1 Å². The summed E-state index contributed by atoms with van der Waals surface area (Å²) in [7, 11) is 5.00. The van der Waals surface area contributed by atoms with Crippen molar-refractivity contribution in [1.82, 2.24) is 9.80 Å². The standard InChI is InChI=1S/C18H24N2O4/c1-19-11-12(9-17(19)21)18(22)20-8-4-5-15(20)14-7-6-13(23-2)10-16(14)24-3/h6-7,10,12,15H,4-5,8-9,11H2,1-3H3. The molecule has 0 N–H and O–H groups in total. The number of ether oxygens (including phenoxy) is 2. The number of likely N-dealkylation sites (tertiary alicyclic amines) is 2. The molecule has 3 rings (SSSR count). The van der Waals surface area contributed by atoms with Crippen LogP contribution in [0.15, 0.2) is 18.2 Å². The van der Waals surface area contributed by atoms with Crippen LogP contribution in [0.4, 0.5) is 0 Å². The van der Waals surface area contributed by atoms with Gasteiger partial charge in [0.2, 0.25) is 11.8 Å². The second kappa shape index (κ2) is 6.71. The Morgan fingerprint density at radius 1 is 1.25 bits per heavy atom. The lowest BCUT2D eigenvalue weighted by atomic mass is 10.0. The molecule has 0 aliphatic carbocycles. The molecule has 0 spiro atoms. The number of benzene rings is 1. The van der Waals surface area contributed by atoms with E-state index in [2.05, 4.69) is 0 Å². The molecular formula is C18H24N2O4. The fraction of sp³-hybridized carbons (Fsp3) is 0.556. The quantitative estimate of drug-likeness (QED) is 0.844. The summed E-state index contributed by atoms with van der Waals surface area (Å²) in [6.45, 7) is 1.24. The van der Waals surface area contributed by atoms with Gasteiger partial charge in [-0.25, -0.2) is 0 Å². The summed E-state index contributed by atoms with van der Waals surface area (Å²) in [5.41, 5.74) is 1.00. The summed E-state index contributed by atoms with van der Waals surface area (Å²) < 4.78 is 10.8. The maximum atomic E-state index is 12.9. The lowest BCUT2D eigenvalue weighted by Crippen LogP contribution is -2.36. The van der Waals surface area contributed by atoms with Gasteiger partial charge in [0.15, 0.2) is 0 Å². The van der Waals surface area contributed by atoms with Gasteiger partial charge in [0, 0.05) is 38.2 Å². The number of hydrogen-bond donors (Lipinski definition) is 0. The first-order chi connectivity index (χ1) is 11.5. The second-order valence-electron chi connectivity index (χ2n) is 6.47. The van der Waals surface area contributed by atoms with Crippen LogP contribution in [-0.2, 0) is 9.59 Å². The van der Waals surface area contributed by atoms with E-state index in [1.165, 1.54) is 0 Å². The molecule has 6 heteroatoms. The molecular weight excluding hydrogens is 308 g/mol. The number of rotatable bonds is 4. The van der Waals surface area contributed by atoms with Gasteiger partial charge >= 0.3 is 0 Å². The summed E-state index contributed by atoms with van der Waals surface area (Å²) >= 11 is 0. The van der Waals surface area contributed by atoms with Crippen LogP contribution in [0.3, 0.4) is 0 Å². The zero-order valence-corrected chi connectivity index (χ0v) is 14.4. The van der Waals surface area contributed by atoms with Crippen LogP contribution < -0.4 is 9.47 Å². The number of hydrogen-bond acceptors (Lipinski definition) is 4. The number of methoxy groups -OCH3 is 2. The molecule has 2 aliphatic rings. The maximum absolute atomic E-state index is 12.9. The van der Waals surface area contributed by atoms with E-state index >= 15 is 0 Å². The van der Waals surface area contributed by atoms with Crippen LogP contribution in [-0.4, -0.2) is 56.0 Å². The lowest BCUT2D eigenvalue weighted by Gasteiger charge is -2.28. The highest BCUT2D eigenvalue weighted by atomic mass is 16.5. The Hall–Kier alpha value is -2.24. The fourth-order valence-corrected chi connectivity index (χ4v) is 3.71. The van der Waals surface area contributed by atoms with E-state index in [4.69, 9.17) is 9.47 Å². The zero-order valence-electron chi connectivity index (χ0n) is 14.4. The summed E-state index contributed by atoms with van der Waals surface area (Å²) in [5.74, 6) is 1.36. The van der Waals surface area contributed by atoms with Gasteiger partial charge in [-0.3, -0.25) is 9.59 Å². The van der Waals surface area contributed by atoms with Crippen LogP contribution in [0.1, 0.15) is 30.9 Å². The number of carbonyl (C=O) groups excluding carboxylic acids is 2. The topological polar surface area (TPSA) is 59.1 Å². The normalized spacial score (nSPS) is 23.7. The van der Waals surface area contributed by atoms with Gasteiger partial charge in [-0.15, -0.1) is 0 Å². The first-order valence-electron chi connectivity index (χ1n) is 8.31. The van der Waals surface area contributed by atoms with Crippen LogP contribution >= 0.6 is 0 Å². The van der Waals surface area contributed by atoms with E-state index in [0.717, 1.165) is 36.4 Å². The van der Waals surface area contributed by atoms with Crippen LogP contribution in [0, 0.1) is 5.92 Å². The molecule has 2 amide bonds. The summed E-state index contributed by atoms with van der Waals surface area (Å²) in [6, 6.07) is 5.72. The van der Waals surface area contributed by atoms with E-state index in [0.29, 0.717) is 13.0 Å². The highest BCUT2D eigenvalue weighted by Crippen LogP contribution is 2.39. The average Bonchev–Trinajstić information content (AvgIpc) is 3.20. The Labute approximate surface area is 142 Å². The largest absolute Gasteiger partial charge is 0.497 e. The zero-order chi connectivity index (χ0) is 17.3. The molecule has 1 aromatic rings. The monoisotopic (exact) mass is 332 g/mol. The second-order valence-corrected chi connectivity index (χ2v) is 6.47. The highest BCUT2D eigenvalue weighted by Gasteiger charge is 2.39. The smallest absolute Gasteiger partial charge is 0.228 e. The molecule has 0 saturated carbocycles. The molecule has 2 fully saturated rings. The molecule has 2 aliphatic heterocycles. The minimum atomic E-state index is -0.229. The van der Waals surface area contributed by atoms with E-state index in [1.54, 1.807) is 26.2 Å². The van der Waals surface area contributed by atoms with E-state index < -0.39 is 0 Å². The molecule has 0 bridgehead atoms. The third kappa shape index (κ3) is 2.92. The Kier molecular flexibility index (Phi) is 4.64. The molecule has 0 radical (unpaired) electrons. The van der Waals surface area contributed by atoms with Crippen LogP contribution in [0.5, 0.6) is 11.5 Å². The Morgan fingerprint density at radius 2 is 2.04 bits per heavy atom. The Morgan fingerprint density at radius 3 is 2.67 bits per heavy atom. The van der Waals surface area contributed by atoms with Crippen molar-refractivity contribution in [3.05, 3.63) is 23.8 Å². The summed E-state index contributed by atoms with van der Waals surface area (Å²) in [4.78, 5) is 28.2. The summed E-state index contributed by atoms with van der Waals surface area (Å²) in [6.07, 6.45) is 2.19. The Bertz CT molecular complexity index is 646. The minimum absolute atomic E-state index is 0.000589. The fourth-order valence-electron chi connectivity index (χ4n) is 3.71. The first-order valence-corrected chi connectivity index (χ1v) is 8.31. The molecule has 2 atom stereocenters. The van der Waals surface area contributed by atoms with Gasteiger partial charge in [-0.1, -0.05) is 0 Å². The lowest BCUT2D eigenvalue weighted by molar-refractivity contribution is -0.136. The average molecular weight is 332 g/mol. The number of carbonyl (C=O) groups is 2. The van der Waals surface area contributed by atoms with Gasteiger partial charge < -0.3 is 19.3 Å². The van der Waals surface area contributed by atoms with E-state index in [9.17, 15) is 9.59 Å². The third-order valence-electron chi connectivity index (χ3n) is 5.03. The number of amides is 2. The van der Waals surface area contributed by atoms with Gasteiger partial charge in [0.25, 0.3) is 0 Å². The molecule has 6 nitrogen and oxygen atoms in total. The van der Waals surface area contributed by atoms with Crippen molar-refractivity contribution in [2.45, 2.75) is 25.3 Å². The van der Waals surface area contributed by atoms with Gasteiger partial charge in [-0.05, 0) is 25.0 Å². The predicted molar refractivity (Wildman–Crippen MR) is 89.0 cm³/mol. The summed E-state index contributed by atoms with van der Waals surface area (Å²) in [5, 5.41) is 0. The van der Waals surface area contributed by atoms with Crippen molar-refractivity contribution in [3.8, 4) is 11.5 Å². The van der Waals surface area contributed by atoms with Crippen molar-refractivity contribution in [2.75, 3.05) is 34.4 Å². The molecule has 0 aromatic heterocycles. The maximum Gasteiger partial charge on any atom is 0.228 e. The molecule has 1 aromatic carbocycles. The Balaban J connectivity index is 1.83. The van der Waals surface area contributed by atoms with Crippen LogP contribution in [0.2, 0.25) is 0 Å². The van der Waals surface area contributed by atoms with Crippen molar-refractivity contribution in [3.63, 3.8) is 0 Å². The SMILES string of the molecule is COc1ccc(C2CCCN2C(=O)C2CC(=O)N(C)C2)c(OC)c1. The predicted octanol–water partition coefficient (Wildman–Crippen LogP) is 1.85. The molecule has 2 unspecified atom stereocenters. The van der Waals surface area contributed by atoms with E-state index in [-0.39, 0.29) is 23.8 Å². The molecule has 2 heterocycles. The number of nitrogens with zero attached hydrogens (tertiary/aromatic N) is 2. The highest BCUT2D eigenvalue weighted by molar-refractivity contribution is 5.89. The molecule has 130 valence electrons. The molecule has 24 heavy (non-hydrogen) atoms. The third-order valence-corrected chi connectivity index (χ3v) is 5.03. The van der Waals surface area contributed by atoms with Crippen molar-refractivity contribution in [2.24, 2.45) is 5.92 Å². The van der Waals surface area contributed by atoms with Gasteiger partial charge in [0.1, 0.15) is 11.5 Å². The van der Waals surface area contributed by atoms with Crippen molar-refractivity contribution >= 4 is 11.8 Å². The van der Waals surface area contributed by atoms with E-state index in [1.807, 2.05) is 23.1 Å². The van der Waals surface area contributed by atoms with Crippen molar-refractivity contribution in [1.29, 1.82) is 0 Å². The minimum Gasteiger partial charge on any atom is -0.497 e. The van der Waals surface area contributed by atoms with Gasteiger partial charge in [-0.2, -0.15) is 0 Å². The first kappa shape index (κ1) is 16.6.